The molecule has 0 saturated heterocycles. The SMILES string of the molecule is [Ir].[c-]1ccccc1-c1cc(Cc2ccccc2)ccn1.[c-]1ccccc1-c1cc(Cc2ccccc2)ccn1. The molecule has 0 aliphatic heterocycles. The average Bonchev–Trinajstić information content (AvgIpc) is 3.00. The van der Waals surface area contributed by atoms with Gasteiger partial charge < -0.3 is 9.97 Å². The molecule has 2 nitrogen and oxygen atoms in total. The summed E-state index contributed by atoms with van der Waals surface area (Å²) in [6.45, 7) is 0. The normalized spacial score (nSPS) is 10.1. The van der Waals surface area contributed by atoms with Gasteiger partial charge in [0.1, 0.15) is 0 Å². The third-order valence-electron chi connectivity index (χ3n) is 6.12. The van der Waals surface area contributed by atoms with Gasteiger partial charge in [-0.15, -0.1) is 71.8 Å². The van der Waals surface area contributed by atoms with Gasteiger partial charge in [-0.05, 0) is 58.6 Å². The Morgan fingerprint density at radius 3 is 1.23 bits per heavy atom. The van der Waals surface area contributed by atoms with E-state index in [9.17, 15) is 0 Å². The smallest absolute Gasteiger partial charge is 0.0163 e. The standard InChI is InChI=1S/2C18H14N.Ir/c2*1-3-7-15(8-4-1)13-16-11-12-19-18(14-16)17-9-5-2-6-10-17;/h2*1-9,11-12,14H,13H2;/q2*-1;. The van der Waals surface area contributed by atoms with E-state index < -0.39 is 0 Å². The molecule has 0 aliphatic rings. The van der Waals surface area contributed by atoms with Crippen LogP contribution in [0.2, 0.25) is 0 Å². The van der Waals surface area contributed by atoms with E-state index in [0.717, 1.165) is 35.4 Å². The molecule has 0 N–H and O–H groups in total. The summed E-state index contributed by atoms with van der Waals surface area (Å²) in [5.74, 6) is 0. The molecule has 6 aromatic rings. The minimum atomic E-state index is 0. The molecule has 6 rings (SSSR count). The van der Waals surface area contributed by atoms with Crippen molar-refractivity contribution in [3.8, 4) is 22.5 Å². The van der Waals surface area contributed by atoms with Gasteiger partial charge in [-0.2, -0.15) is 0 Å². The zero-order valence-corrected chi connectivity index (χ0v) is 23.9. The Bertz CT molecular complexity index is 1420. The van der Waals surface area contributed by atoms with Gasteiger partial charge in [-0.25, -0.2) is 0 Å². The first kappa shape index (κ1) is 27.9. The first-order chi connectivity index (χ1) is 18.8. The largest absolute Gasteiger partial charge is 0.305 e. The molecule has 3 heteroatoms. The van der Waals surface area contributed by atoms with Crippen molar-refractivity contribution in [3.05, 3.63) is 180 Å². The van der Waals surface area contributed by atoms with Crippen molar-refractivity contribution in [1.82, 2.24) is 9.97 Å². The topological polar surface area (TPSA) is 25.8 Å². The number of hydrogen-bond acceptors (Lipinski definition) is 2. The minimum absolute atomic E-state index is 0. The van der Waals surface area contributed by atoms with Crippen LogP contribution in [0.5, 0.6) is 0 Å². The fourth-order valence-corrected chi connectivity index (χ4v) is 4.23. The molecule has 39 heavy (non-hydrogen) atoms. The van der Waals surface area contributed by atoms with Crippen LogP contribution in [-0.2, 0) is 32.9 Å². The minimum Gasteiger partial charge on any atom is -0.305 e. The van der Waals surface area contributed by atoms with Gasteiger partial charge in [-0.3, -0.25) is 0 Å². The molecule has 0 spiro atoms. The van der Waals surface area contributed by atoms with Crippen molar-refractivity contribution in [2.75, 3.05) is 0 Å². The van der Waals surface area contributed by atoms with Crippen molar-refractivity contribution in [1.29, 1.82) is 0 Å². The zero-order valence-electron chi connectivity index (χ0n) is 21.5. The van der Waals surface area contributed by atoms with E-state index in [1.54, 1.807) is 0 Å². The van der Waals surface area contributed by atoms with Gasteiger partial charge in [0.25, 0.3) is 0 Å². The summed E-state index contributed by atoms with van der Waals surface area (Å²) in [5.41, 5.74) is 9.22. The van der Waals surface area contributed by atoms with Crippen LogP contribution in [0.4, 0.5) is 0 Å². The van der Waals surface area contributed by atoms with Gasteiger partial charge in [-0.1, -0.05) is 72.8 Å². The van der Waals surface area contributed by atoms with Crippen molar-refractivity contribution < 1.29 is 20.1 Å². The first-order valence-electron chi connectivity index (χ1n) is 12.8. The average molecular weight is 681 g/mol. The molecular formula is C36H28IrN2-2. The van der Waals surface area contributed by atoms with Crippen LogP contribution in [0.15, 0.2) is 146 Å². The number of hydrogen-bond donors (Lipinski definition) is 0. The second-order valence-corrected chi connectivity index (χ2v) is 8.98. The fourth-order valence-electron chi connectivity index (χ4n) is 4.23. The van der Waals surface area contributed by atoms with Crippen LogP contribution >= 0.6 is 0 Å². The summed E-state index contributed by atoms with van der Waals surface area (Å²) < 4.78 is 0. The van der Waals surface area contributed by atoms with E-state index in [4.69, 9.17) is 0 Å². The molecule has 0 bridgehead atoms. The van der Waals surface area contributed by atoms with Gasteiger partial charge in [0, 0.05) is 32.5 Å². The number of rotatable bonds is 6. The summed E-state index contributed by atoms with van der Waals surface area (Å²) >= 11 is 0. The van der Waals surface area contributed by atoms with Gasteiger partial charge >= 0.3 is 0 Å². The number of aromatic nitrogens is 2. The predicted octanol–water partition coefficient (Wildman–Crippen LogP) is 8.28. The molecule has 2 aromatic heterocycles. The molecular weight excluding hydrogens is 653 g/mol. The van der Waals surface area contributed by atoms with Gasteiger partial charge in [0.2, 0.25) is 0 Å². The Morgan fingerprint density at radius 2 is 0.846 bits per heavy atom. The van der Waals surface area contributed by atoms with Gasteiger partial charge in [0.05, 0.1) is 0 Å². The quantitative estimate of drug-likeness (QED) is 0.166. The molecule has 0 atom stereocenters. The van der Waals surface area contributed by atoms with E-state index >= 15 is 0 Å². The zero-order chi connectivity index (χ0) is 25.8. The van der Waals surface area contributed by atoms with Crippen LogP contribution in [0.25, 0.3) is 22.5 Å². The summed E-state index contributed by atoms with van der Waals surface area (Å²) in [6.07, 6.45) is 5.61. The van der Waals surface area contributed by atoms with E-state index in [0.29, 0.717) is 0 Å². The van der Waals surface area contributed by atoms with Crippen LogP contribution in [0.3, 0.4) is 0 Å². The van der Waals surface area contributed by atoms with E-state index in [1.807, 2.05) is 73.1 Å². The molecule has 1 radical (unpaired) electrons. The Hall–Kier alpha value is -4.17. The van der Waals surface area contributed by atoms with Crippen LogP contribution in [0.1, 0.15) is 22.3 Å². The molecule has 0 saturated carbocycles. The molecule has 193 valence electrons. The van der Waals surface area contributed by atoms with E-state index in [-0.39, 0.29) is 20.1 Å². The Morgan fingerprint density at radius 1 is 0.436 bits per heavy atom. The van der Waals surface area contributed by atoms with Gasteiger partial charge in [0.15, 0.2) is 0 Å². The second kappa shape index (κ2) is 14.7. The molecule has 2 heterocycles. The summed E-state index contributed by atoms with van der Waals surface area (Å²) in [7, 11) is 0. The summed E-state index contributed by atoms with van der Waals surface area (Å²) in [4.78, 5) is 8.84. The number of nitrogens with zero attached hydrogens (tertiary/aromatic N) is 2. The third-order valence-corrected chi connectivity index (χ3v) is 6.12. The van der Waals surface area contributed by atoms with E-state index in [1.165, 1.54) is 22.3 Å². The van der Waals surface area contributed by atoms with Crippen LogP contribution in [0, 0.1) is 12.1 Å². The van der Waals surface area contributed by atoms with Crippen molar-refractivity contribution >= 4 is 0 Å². The summed E-state index contributed by atoms with van der Waals surface area (Å²) in [5, 5.41) is 0. The maximum Gasteiger partial charge on any atom is 0.0163 e. The first-order valence-corrected chi connectivity index (χ1v) is 12.8. The second-order valence-electron chi connectivity index (χ2n) is 8.98. The van der Waals surface area contributed by atoms with Crippen molar-refractivity contribution in [2.24, 2.45) is 0 Å². The Labute approximate surface area is 244 Å². The molecule has 0 fully saturated rings. The molecule has 0 amide bonds. The van der Waals surface area contributed by atoms with Crippen molar-refractivity contribution in [3.63, 3.8) is 0 Å². The monoisotopic (exact) mass is 681 g/mol. The Balaban J connectivity index is 0.000000176. The maximum atomic E-state index is 4.42. The predicted molar refractivity (Wildman–Crippen MR) is 156 cm³/mol. The maximum absolute atomic E-state index is 4.42. The molecule has 0 unspecified atom stereocenters. The third kappa shape index (κ3) is 8.41. The Kier molecular flexibility index (Phi) is 10.5. The fraction of sp³-hybridized carbons (Fsp3) is 0.0556. The van der Waals surface area contributed by atoms with Crippen LogP contribution < -0.4 is 0 Å². The summed E-state index contributed by atoms with van der Waals surface area (Å²) in [6, 6.07) is 51.7. The molecule has 0 aliphatic carbocycles. The van der Waals surface area contributed by atoms with E-state index in [2.05, 4.69) is 94.9 Å². The number of benzene rings is 4. The van der Waals surface area contributed by atoms with Crippen LogP contribution in [-0.4, -0.2) is 9.97 Å². The molecule has 4 aromatic carbocycles. The number of pyridine rings is 2. The van der Waals surface area contributed by atoms with Crippen molar-refractivity contribution in [2.45, 2.75) is 12.8 Å².